The van der Waals surface area contributed by atoms with E-state index >= 15 is 0 Å². The molecule has 6 N–H and O–H groups in total. The molecule has 0 aromatic rings. The SMILES string of the molecule is CCCCCC/C=C/CCCCCCCC(=O)O[C@@H](COC(=O)CCCCCCCCCCCCCCCCC)COP(=O)(O)OC1C(O)C(O)C(O)[C@H](O)C1O. The highest BCUT2D eigenvalue weighted by atomic mass is 31.2. The second-order valence-corrected chi connectivity index (χ2v) is 17.3. The highest BCUT2D eigenvalue weighted by Gasteiger charge is 2.51. The van der Waals surface area contributed by atoms with E-state index in [1.807, 2.05) is 0 Å². The largest absolute Gasteiger partial charge is 0.472 e. The first kappa shape index (κ1) is 53.6. The predicted molar refractivity (Wildman–Crippen MR) is 221 cm³/mol. The Bertz CT molecular complexity index is 1060. The van der Waals surface area contributed by atoms with Crippen LogP contribution in [0.15, 0.2) is 12.2 Å². The second kappa shape index (κ2) is 34.3. The molecular weight excluding hydrogens is 755 g/mol. The molecule has 0 heterocycles. The fourth-order valence-electron chi connectivity index (χ4n) is 6.93. The highest BCUT2D eigenvalue weighted by Crippen LogP contribution is 2.47. The summed E-state index contributed by atoms with van der Waals surface area (Å²) in [7, 11) is -5.11. The predicted octanol–water partition coefficient (Wildman–Crippen LogP) is 8.28. The van der Waals surface area contributed by atoms with Gasteiger partial charge in [-0.2, -0.15) is 0 Å². The summed E-state index contributed by atoms with van der Waals surface area (Å²) < 4.78 is 33.5. The highest BCUT2D eigenvalue weighted by molar-refractivity contribution is 7.47. The van der Waals surface area contributed by atoms with Crippen LogP contribution in [0.5, 0.6) is 0 Å². The van der Waals surface area contributed by atoms with Crippen LogP contribution in [0.1, 0.15) is 194 Å². The van der Waals surface area contributed by atoms with Crippen molar-refractivity contribution in [3.63, 3.8) is 0 Å². The molecule has 0 radical (unpaired) electrons. The number of carbonyl (C=O) groups is 2. The van der Waals surface area contributed by atoms with E-state index in [1.54, 1.807) is 0 Å². The van der Waals surface area contributed by atoms with Crippen molar-refractivity contribution < 1.29 is 63.1 Å². The van der Waals surface area contributed by atoms with Gasteiger partial charge in [-0.15, -0.1) is 0 Å². The van der Waals surface area contributed by atoms with E-state index in [4.69, 9.17) is 18.5 Å². The molecule has 1 saturated carbocycles. The molecule has 13 nitrogen and oxygen atoms in total. The Morgan fingerprint density at radius 2 is 0.895 bits per heavy atom. The van der Waals surface area contributed by atoms with Gasteiger partial charge < -0.3 is 39.9 Å². The molecule has 0 aliphatic heterocycles. The Hall–Kier alpha value is -1.41. The molecule has 14 heteroatoms. The molecule has 0 saturated heterocycles. The normalized spacial score (nSPS) is 22.7. The molecule has 336 valence electrons. The van der Waals surface area contributed by atoms with E-state index < -0.39 is 75.7 Å². The number of carbonyl (C=O) groups excluding carboxylic acids is 2. The molecule has 0 amide bonds. The lowest BCUT2D eigenvalue weighted by atomic mass is 9.85. The van der Waals surface area contributed by atoms with Crippen LogP contribution >= 0.6 is 7.82 Å². The lowest BCUT2D eigenvalue weighted by Crippen LogP contribution is -2.64. The number of ether oxygens (including phenoxy) is 2. The van der Waals surface area contributed by atoms with Crippen LogP contribution < -0.4 is 0 Å². The number of phosphoric acid groups is 1. The lowest BCUT2D eigenvalue weighted by Gasteiger charge is -2.41. The summed E-state index contributed by atoms with van der Waals surface area (Å²) in [4.78, 5) is 35.6. The summed E-state index contributed by atoms with van der Waals surface area (Å²) >= 11 is 0. The summed E-state index contributed by atoms with van der Waals surface area (Å²) in [6, 6.07) is 0. The fourth-order valence-corrected chi connectivity index (χ4v) is 7.90. The number of hydrogen-bond donors (Lipinski definition) is 6. The van der Waals surface area contributed by atoms with Gasteiger partial charge in [-0.05, 0) is 38.5 Å². The van der Waals surface area contributed by atoms with Gasteiger partial charge in [0.05, 0.1) is 6.61 Å². The van der Waals surface area contributed by atoms with Crippen molar-refractivity contribution in [3.8, 4) is 0 Å². The molecule has 1 fully saturated rings. The smallest absolute Gasteiger partial charge is 0.462 e. The first-order chi connectivity index (χ1) is 27.4. The number of phosphoric ester groups is 1. The molecular formula is C43H81O13P. The molecule has 1 aliphatic rings. The minimum Gasteiger partial charge on any atom is -0.462 e. The second-order valence-electron chi connectivity index (χ2n) is 15.9. The van der Waals surface area contributed by atoms with E-state index in [1.165, 1.54) is 96.3 Å². The Balaban J connectivity index is 2.47. The van der Waals surface area contributed by atoms with Gasteiger partial charge in [0, 0.05) is 12.8 Å². The topological polar surface area (TPSA) is 210 Å². The molecule has 0 aromatic carbocycles. The summed E-state index contributed by atoms with van der Waals surface area (Å²) in [5, 5.41) is 50.1. The third-order valence-electron chi connectivity index (χ3n) is 10.6. The van der Waals surface area contributed by atoms with Crippen LogP contribution in [0, 0.1) is 0 Å². The van der Waals surface area contributed by atoms with Gasteiger partial charge in [-0.25, -0.2) is 4.57 Å². The van der Waals surface area contributed by atoms with E-state index in [0.29, 0.717) is 12.8 Å². The van der Waals surface area contributed by atoms with Crippen molar-refractivity contribution in [2.75, 3.05) is 13.2 Å². The maximum atomic E-state index is 12.8. The Labute approximate surface area is 343 Å². The maximum Gasteiger partial charge on any atom is 0.472 e. The van der Waals surface area contributed by atoms with Gasteiger partial charge >= 0.3 is 19.8 Å². The molecule has 1 aliphatic carbocycles. The van der Waals surface area contributed by atoms with Crippen molar-refractivity contribution in [2.24, 2.45) is 0 Å². The lowest BCUT2D eigenvalue weighted by molar-refractivity contribution is -0.220. The number of esters is 2. The molecule has 0 bridgehead atoms. The molecule has 6 unspecified atom stereocenters. The zero-order valence-corrected chi connectivity index (χ0v) is 36.3. The first-order valence-electron chi connectivity index (χ1n) is 22.5. The van der Waals surface area contributed by atoms with Crippen LogP contribution in [-0.2, 0) is 32.7 Å². The van der Waals surface area contributed by atoms with Crippen molar-refractivity contribution in [3.05, 3.63) is 12.2 Å². The fraction of sp³-hybridized carbons (Fsp3) is 0.907. The third kappa shape index (κ3) is 27.1. The Morgan fingerprint density at radius 3 is 1.35 bits per heavy atom. The van der Waals surface area contributed by atoms with Gasteiger partial charge in [0.2, 0.25) is 0 Å². The van der Waals surface area contributed by atoms with Crippen LogP contribution in [0.3, 0.4) is 0 Å². The van der Waals surface area contributed by atoms with Crippen LogP contribution in [0.4, 0.5) is 0 Å². The Kier molecular flexibility index (Phi) is 32.3. The quantitative estimate of drug-likeness (QED) is 0.0151. The summed E-state index contributed by atoms with van der Waals surface area (Å²) in [6.45, 7) is 3.28. The van der Waals surface area contributed by atoms with Gasteiger partial charge in [-0.3, -0.25) is 18.6 Å². The monoisotopic (exact) mass is 837 g/mol. The number of allylic oxidation sites excluding steroid dienone is 2. The average Bonchev–Trinajstić information content (AvgIpc) is 3.19. The molecule has 0 spiro atoms. The zero-order valence-electron chi connectivity index (χ0n) is 35.4. The van der Waals surface area contributed by atoms with Crippen molar-refractivity contribution >= 4 is 19.8 Å². The van der Waals surface area contributed by atoms with E-state index in [2.05, 4.69) is 26.0 Å². The van der Waals surface area contributed by atoms with Gasteiger partial charge in [0.15, 0.2) is 6.10 Å². The first-order valence-corrected chi connectivity index (χ1v) is 24.0. The number of rotatable bonds is 37. The number of hydrogen-bond acceptors (Lipinski definition) is 12. The summed E-state index contributed by atoms with van der Waals surface area (Å²) in [5.74, 6) is -1.10. The maximum absolute atomic E-state index is 12.8. The Morgan fingerprint density at radius 1 is 0.526 bits per heavy atom. The van der Waals surface area contributed by atoms with Crippen molar-refractivity contribution in [1.82, 2.24) is 0 Å². The van der Waals surface area contributed by atoms with Crippen LogP contribution in [0.2, 0.25) is 0 Å². The minimum atomic E-state index is -5.11. The van der Waals surface area contributed by atoms with E-state index in [0.717, 1.165) is 57.8 Å². The van der Waals surface area contributed by atoms with Crippen molar-refractivity contribution in [2.45, 2.75) is 236 Å². The zero-order chi connectivity index (χ0) is 42.2. The van der Waals surface area contributed by atoms with E-state index in [9.17, 15) is 44.6 Å². The standard InChI is InChI=1S/C43H81O13P/c1-3-5-7-9-11-13-15-17-18-20-21-23-25-27-29-31-36(44)53-33-35(34-54-57(51,52)56-43-41(49)39(47)38(46)40(48)42(43)50)55-37(45)32-30-28-26-24-22-19-16-14-12-10-8-6-4-2/h14,16,35,38-43,46-50H,3-13,15,17-34H2,1-2H3,(H,51,52)/b16-14+/t35-,38?,39-,40?,41?,42?,43?/m0/s1. The van der Waals surface area contributed by atoms with E-state index in [-0.39, 0.29) is 12.8 Å². The molecule has 57 heavy (non-hydrogen) atoms. The van der Waals surface area contributed by atoms with Crippen molar-refractivity contribution in [1.29, 1.82) is 0 Å². The minimum absolute atomic E-state index is 0.0904. The summed E-state index contributed by atoms with van der Waals surface area (Å²) in [6.07, 6.45) is 21.3. The molecule has 1 rings (SSSR count). The average molecular weight is 837 g/mol. The molecule has 0 aromatic heterocycles. The third-order valence-corrected chi connectivity index (χ3v) is 11.6. The number of aliphatic hydroxyl groups is 5. The van der Waals surface area contributed by atoms with Gasteiger partial charge in [0.1, 0.15) is 43.2 Å². The number of unbranched alkanes of at least 4 members (excludes halogenated alkanes) is 23. The van der Waals surface area contributed by atoms with Gasteiger partial charge in [-0.1, -0.05) is 154 Å². The molecule has 8 atom stereocenters. The number of aliphatic hydroxyl groups excluding tert-OH is 5. The van der Waals surface area contributed by atoms with Crippen LogP contribution in [0.25, 0.3) is 0 Å². The van der Waals surface area contributed by atoms with Crippen LogP contribution in [-0.4, -0.2) is 98.3 Å². The van der Waals surface area contributed by atoms with Gasteiger partial charge in [0.25, 0.3) is 0 Å². The summed E-state index contributed by atoms with van der Waals surface area (Å²) in [5.41, 5.74) is 0.